The minimum atomic E-state index is -0.927. The van der Waals surface area contributed by atoms with E-state index in [1.165, 1.54) is 17.8 Å². The van der Waals surface area contributed by atoms with Gasteiger partial charge in [-0.3, -0.25) is 4.79 Å². The average molecular weight is 342 g/mol. The van der Waals surface area contributed by atoms with E-state index in [0.29, 0.717) is 10.6 Å². The molecule has 0 aliphatic heterocycles. The molecular weight excluding hydrogens is 328 g/mol. The average Bonchev–Trinajstić information content (AvgIpc) is 2.49. The summed E-state index contributed by atoms with van der Waals surface area (Å²) in [6, 6.07) is 10.4. The molecule has 6 heteroatoms. The Morgan fingerprint density at radius 2 is 1.95 bits per heavy atom. The van der Waals surface area contributed by atoms with Crippen molar-refractivity contribution in [3.05, 3.63) is 64.7 Å². The highest BCUT2D eigenvalue weighted by Gasteiger charge is 2.12. The van der Waals surface area contributed by atoms with E-state index < -0.39 is 17.7 Å². The van der Waals surface area contributed by atoms with Crippen LogP contribution in [0, 0.1) is 11.6 Å². The third-order valence-corrected chi connectivity index (χ3v) is 4.53. The summed E-state index contributed by atoms with van der Waals surface area (Å²) in [7, 11) is 0. The number of benzene rings is 2. The molecule has 1 atom stereocenters. The predicted molar refractivity (Wildman–Crippen MR) is 85.1 cm³/mol. The molecule has 1 unspecified atom stereocenters. The fraction of sp³-hybridized carbons (Fsp3) is 0.188. The Bertz CT molecular complexity index is 681. The maximum atomic E-state index is 13.2. The summed E-state index contributed by atoms with van der Waals surface area (Å²) in [5, 5.41) is 3.33. The zero-order chi connectivity index (χ0) is 16.1. The lowest BCUT2D eigenvalue weighted by atomic mass is 10.1. The first-order chi connectivity index (χ1) is 10.5. The summed E-state index contributed by atoms with van der Waals surface area (Å²) < 4.78 is 26.1. The van der Waals surface area contributed by atoms with Gasteiger partial charge in [-0.2, -0.15) is 0 Å². The maximum Gasteiger partial charge on any atom is 0.230 e. The van der Waals surface area contributed by atoms with E-state index in [2.05, 4.69) is 5.32 Å². The molecule has 1 N–H and O–H groups in total. The van der Waals surface area contributed by atoms with Crippen LogP contribution in [0.5, 0.6) is 0 Å². The van der Waals surface area contributed by atoms with Gasteiger partial charge in [-0.25, -0.2) is 8.78 Å². The molecule has 116 valence electrons. The highest BCUT2D eigenvalue weighted by molar-refractivity contribution is 8.00. The molecular formula is C16H14ClF2NOS. The van der Waals surface area contributed by atoms with Crippen LogP contribution in [0.2, 0.25) is 5.02 Å². The molecule has 2 aromatic rings. The molecule has 0 heterocycles. The van der Waals surface area contributed by atoms with Gasteiger partial charge in [0.15, 0.2) is 11.6 Å². The molecule has 22 heavy (non-hydrogen) atoms. The molecule has 0 aromatic heterocycles. The maximum absolute atomic E-state index is 13.2. The Hall–Kier alpha value is -1.59. The van der Waals surface area contributed by atoms with E-state index in [1.807, 2.05) is 18.2 Å². The van der Waals surface area contributed by atoms with Crippen LogP contribution in [0.1, 0.15) is 18.5 Å². The first-order valence-electron chi connectivity index (χ1n) is 6.59. The minimum absolute atomic E-state index is 0.192. The summed E-state index contributed by atoms with van der Waals surface area (Å²) in [5.74, 6) is -1.85. The fourth-order valence-corrected chi connectivity index (χ4v) is 2.90. The Balaban J connectivity index is 1.91. The standard InChI is InChI=1S/C16H14ClF2NOS/c1-10(11-6-7-13(18)14(19)8-11)20-16(21)9-22-15-5-3-2-4-12(15)17/h2-8,10H,9H2,1H3,(H,20,21). The van der Waals surface area contributed by atoms with Crippen LogP contribution in [0.25, 0.3) is 0 Å². The van der Waals surface area contributed by atoms with E-state index in [4.69, 9.17) is 11.6 Å². The molecule has 0 bridgehead atoms. The number of carbonyl (C=O) groups is 1. The van der Waals surface area contributed by atoms with Crippen LogP contribution < -0.4 is 5.32 Å². The second-order valence-corrected chi connectivity index (χ2v) is 6.11. The van der Waals surface area contributed by atoms with Crippen LogP contribution >= 0.6 is 23.4 Å². The van der Waals surface area contributed by atoms with Crippen molar-refractivity contribution in [1.29, 1.82) is 0 Å². The molecule has 0 aliphatic rings. The van der Waals surface area contributed by atoms with E-state index >= 15 is 0 Å². The van der Waals surface area contributed by atoms with Gasteiger partial charge in [0.1, 0.15) is 0 Å². The number of halogens is 3. The largest absolute Gasteiger partial charge is 0.349 e. The van der Waals surface area contributed by atoms with Crippen LogP contribution in [-0.4, -0.2) is 11.7 Å². The number of hydrogen-bond donors (Lipinski definition) is 1. The normalized spacial score (nSPS) is 12.0. The van der Waals surface area contributed by atoms with E-state index in [0.717, 1.165) is 17.0 Å². The molecule has 2 nitrogen and oxygen atoms in total. The molecule has 0 spiro atoms. The highest BCUT2D eigenvalue weighted by atomic mass is 35.5. The predicted octanol–water partition coefficient (Wildman–Crippen LogP) is 4.59. The third kappa shape index (κ3) is 4.45. The Kier molecular flexibility index (Phi) is 5.80. The molecule has 0 radical (unpaired) electrons. The van der Waals surface area contributed by atoms with Crippen molar-refractivity contribution in [2.75, 3.05) is 5.75 Å². The Labute approximate surface area is 136 Å². The van der Waals surface area contributed by atoms with Gasteiger partial charge in [0.25, 0.3) is 0 Å². The minimum Gasteiger partial charge on any atom is -0.349 e. The second kappa shape index (κ2) is 7.61. The van der Waals surface area contributed by atoms with Crippen molar-refractivity contribution in [2.24, 2.45) is 0 Å². The van der Waals surface area contributed by atoms with Crippen molar-refractivity contribution < 1.29 is 13.6 Å². The molecule has 2 rings (SSSR count). The summed E-state index contributed by atoms with van der Waals surface area (Å²) in [6.45, 7) is 1.71. The van der Waals surface area contributed by atoms with Crippen molar-refractivity contribution in [3.8, 4) is 0 Å². The first-order valence-corrected chi connectivity index (χ1v) is 7.95. The van der Waals surface area contributed by atoms with Crippen LogP contribution in [0.4, 0.5) is 8.78 Å². The van der Waals surface area contributed by atoms with Gasteiger partial charge in [-0.15, -0.1) is 11.8 Å². The number of carbonyl (C=O) groups excluding carboxylic acids is 1. The number of hydrogen-bond acceptors (Lipinski definition) is 2. The van der Waals surface area contributed by atoms with Crippen molar-refractivity contribution in [3.63, 3.8) is 0 Å². The summed E-state index contributed by atoms with van der Waals surface area (Å²) in [6.07, 6.45) is 0. The van der Waals surface area contributed by atoms with Crippen LogP contribution in [0.15, 0.2) is 47.4 Å². The van der Waals surface area contributed by atoms with Gasteiger partial charge in [-0.1, -0.05) is 29.8 Å². The third-order valence-electron chi connectivity index (χ3n) is 3.02. The fourth-order valence-electron chi connectivity index (χ4n) is 1.85. The SMILES string of the molecule is CC(NC(=O)CSc1ccccc1Cl)c1ccc(F)c(F)c1. The summed E-state index contributed by atoms with van der Waals surface area (Å²) in [4.78, 5) is 12.7. The Morgan fingerprint density at radius 3 is 2.64 bits per heavy atom. The molecule has 0 fully saturated rings. The zero-order valence-corrected chi connectivity index (χ0v) is 13.3. The van der Waals surface area contributed by atoms with E-state index in [-0.39, 0.29) is 11.7 Å². The molecule has 0 saturated carbocycles. The van der Waals surface area contributed by atoms with Gasteiger partial charge < -0.3 is 5.32 Å². The smallest absolute Gasteiger partial charge is 0.230 e. The van der Waals surface area contributed by atoms with Gasteiger partial charge in [-0.05, 0) is 36.8 Å². The van der Waals surface area contributed by atoms with Gasteiger partial charge >= 0.3 is 0 Å². The van der Waals surface area contributed by atoms with Gasteiger partial charge in [0.2, 0.25) is 5.91 Å². The van der Waals surface area contributed by atoms with Crippen LogP contribution in [-0.2, 0) is 4.79 Å². The lowest BCUT2D eigenvalue weighted by Crippen LogP contribution is -2.28. The van der Waals surface area contributed by atoms with Gasteiger partial charge in [0, 0.05) is 4.90 Å². The number of amides is 1. The topological polar surface area (TPSA) is 29.1 Å². The van der Waals surface area contributed by atoms with Crippen molar-refractivity contribution in [2.45, 2.75) is 17.9 Å². The molecule has 2 aromatic carbocycles. The summed E-state index contributed by atoms with van der Waals surface area (Å²) in [5.41, 5.74) is 0.509. The lowest BCUT2D eigenvalue weighted by Gasteiger charge is -2.14. The highest BCUT2D eigenvalue weighted by Crippen LogP contribution is 2.26. The van der Waals surface area contributed by atoms with Gasteiger partial charge in [0.05, 0.1) is 16.8 Å². The first kappa shape index (κ1) is 16.8. The zero-order valence-electron chi connectivity index (χ0n) is 11.8. The Morgan fingerprint density at radius 1 is 1.23 bits per heavy atom. The monoisotopic (exact) mass is 341 g/mol. The lowest BCUT2D eigenvalue weighted by molar-refractivity contribution is -0.119. The van der Waals surface area contributed by atoms with E-state index in [9.17, 15) is 13.6 Å². The quantitative estimate of drug-likeness (QED) is 0.806. The summed E-state index contributed by atoms with van der Waals surface area (Å²) >= 11 is 7.33. The van der Waals surface area contributed by atoms with Crippen LogP contribution in [0.3, 0.4) is 0 Å². The number of nitrogens with one attached hydrogen (secondary N) is 1. The molecule has 0 saturated heterocycles. The number of thioether (sulfide) groups is 1. The molecule has 0 aliphatic carbocycles. The van der Waals surface area contributed by atoms with E-state index in [1.54, 1.807) is 13.0 Å². The second-order valence-electron chi connectivity index (χ2n) is 4.68. The van der Waals surface area contributed by atoms with Crippen molar-refractivity contribution >= 4 is 29.3 Å². The van der Waals surface area contributed by atoms with Crippen molar-refractivity contribution in [1.82, 2.24) is 5.32 Å². The number of rotatable bonds is 5. The molecule has 1 amide bonds.